The van der Waals surface area contributed by atoms with Crippen LogP contribution in [0.4, 0.5) is 0 Å². The van der Waals surface area contributed by atoms with Crippen LogP contribution in [0.1, 0.15) is 31.7 Å². The molecule has 1 aromatic heterocycles. The van der Waals surface area contributed by atoms with Gasteiger partial charge in [0.1, 0.15) is 0 Å². The Morgan fingerprint density at radius 2 is 2.13 bits per heavy atom. The van der Waals surface area contributed by atoms with Crippen LogP contribution < -0.4 is 5.32 Å². The van der Waals surface area contributed by atoms with E-state index in [-0.39, 0.29) is 0 Å². The lowest BCUT2D eigenvalue weighted by molar-refractivity contribution is 0.634. The normalized spacial score (nSPS) is 10.9. The highest BCUT2D eigenvalue weighted by atomic mass is 79.9. The SMILES string of the molecule is CCNCCCc1c(Br)c(CC)nn1C. The average Bonchev–Trinajstić information content (AvgIpc) is 2.50. The van der Waals surface area contributed by atoms with Gasteiger partial charge in [0.2, 0.25) is 0 Å². The Morgan fingerprint density at radius 1 is 1.40 bits per heavy atom. The molecule has 0 aliphatic carbocycles. The van der Waals surface area contributed by atoms with Crippen molar-refractivity contribution < 1.29 is 0 Å². The van der Waals surface area contributed by atoms with Crippen LogP contribution in [0.3, 0.4) is 0 Å². The van der Waals surface area contributed by atoms with Crippen molar-refractivity contribution >= 4 is 15.9 Å². The first-order chi connectivity index (χ1) is 7.20. The van der Waals surface area contributed by atoms with Crippen molar-refractivity contribution in [2.75, 3.05) is 13.1 Å². The van der Waals surface area contributed by atoms with Crippen LogP contribution >= 0.6 is 15.9 Å². The zero-order valence-corrected chi connectivity index (χ0v) is 11.4. The van der Waals surface area contributed by atoms with Crippen molar-refractivity contribution in [3.8, 4) is 0 Å². The minimum absolute atomic E-state index is 0.988. The topological polar surface area (TPSA) is 29.9 Å². The summed E-state index contributed by atoms with van der Waals surface area (Å²) in [5, 5.41) is 7.81. The van der Waals surface area contributed by atoms with E-state index in [2.05, 4.69) is 40.2 Å². The molecule has 15 heavy (non-hydrogen) atoms. The molecule has 0 bridgehead atoms. The standard InChI is InChI=1S/C11H20BrN3/c1-4-9-11(12)10(15(3)14-9)7-6-8-13-5-2/h13H,4-8H2,1-3H3. The van der Waals surface area contributed by atoms with Gasteiger partial charge in [-0.1, -0.05) is 13.8 Å². The summed E-state index contributed by atoms with van der Waals surface area (Å²) in [6.45, 7) is 6.40. The van der Waals surface area contributed by atoms with Crippen molar-refractivity contribution in [1.82, 2.24) is 15.1 Å². The number of nitrogens with one attached hydrogen (secondary N) is 1. The highest BCUT2D eigenvalue weighted by Crippen LogP contribution is 2.22. The van der Waals surface area contributed by atoms with E-state index in [0.29, 0.717) is 0 Å². The molecule has 1 N–H and O–H groups in total. The maximum absolute atomic E-state index is 4.48. The van der Waals surface area contributed by atoms with E-state index in [1.807, 2.05) is 11.7 Å². The number of nitrogens with zero attached hydrogens (tertiary/aromatic N) is 2. The summed E-state index contributed by atoms with van der Waals surface area (Å²) in [6.07, 6.45) is 3.23. The van der Waals surface area contributed by atoms with Crippen LogP contribution in [0.15, 0.2) is 4.47 Å². The predicted molar refractivity (Wildman–Crippen MR) is 67.2 cm³/mol. The fourth-order valence-electron chi connectivity index (χ4n) is 1.65. The Hall–Kier alpha value is -0.350. The fourth-order valence-corrected chi connectivity index (χ4v) is 2.46. The van der Waals surface area contributed by atoms with Gasteiger partial charge < -0.3 is 5.32 Å². The Kier molecular flexibility index (Phi) is 5.32. The van der Waals surface area contributed by atoms with E-state index in [9.17, 15) is 0 Å². The molecule has 4 heteroatoms. The van der Waals surface area contributed by atoms with Gasteiger partial charge in [0.25, 0.3) is 0 Å². The van der Waals surface area contributed by atoms with Crippen LogP contribution in [0.25, 0.3) is 0 Å². The van der Waals surface area contributed by atoms with Gasteiger partial charge in [0, 0.05) is 7.05 Å². The van der Waals surface area contributed by atoms with Crippen LogP contribution in [0.5, 0.6) is 0 Å². The minimum atomic E-state index is 0.988. The van der Waals surface area contributed by atoms with E-state index in [4.69, 9.17) is 0 Å². The molecule has 1 heterocycles. The Labute approximate surface area is 100 Å². The minimum Gasteiger partial charge on any atom is -0.317 e. The summed E-state index contributed by atoms with van der Waals surface area (Å²) >= 11 is 3.63. The largest absolute Gasteiger partial charge is 0.317 e. The third-order valence-corrected chi connectivity index (χ3v) is 3.44. The molecule has 0 spiro atoms. The van der Waals surface area contributed by atoms with Crippen molar-refractivity contribution in [2.45, 2.75) is 33.1 Å². The van der Waals surface area contributed by atoms with E-state index in [1.165, 1.54) is 10.2 Å². The molecule has 86 valence electrons. The fraction of sp³-hybridized carbons (Fsp3) is 0.727. The molecular weight excluding hydrogens is 254 g/mol. The lowest BCUT2D eigenvalue weighted by Crippen LogP contribution is -2.15. The Balaban J connectivity index is 2.56. The molecule has 0 radical (unpaired) electrons. The molecule has 0 aliphatic rings. The number of aromatic nitrogens is 2. The predicted octanol–water partition coefficient (Wildman–Crippen LogP) is 2.29. The van der Waals surface area contributed by atoms with Crippen molar-refractivity contribution in [3.63, 3.8) is 0 Å². The van der Waals surface area contributed by atoms with Crippen molar-refractivity contribution in [1.29, 1.82) is 0 Å². The van der Waals surface area contributed by atoms with E-state index < -0.39 is 0 Å². The van der Waals surface area contributed by atoms with Gasteiger partial charge in [-0.15, -0.1) is 0 Å². The number of rotatable bonds is 6. The molecular formula is C11H20BrN3. The molecule has 1 aromatic rings. The average molecular weight is 274 g/mol. The van der Waals surface area contributed by atoms with Gasteiger partial charge >= 0.3 is 0 Å². The van der Waals surface area contributed by atoms with Gasteiger partial charge in [-0.25, -0.2) is 0 Å². The van der Waals surface area contributed by atoms with Gasteiger partial charge in [-0.05, 0) is 48.3 Å². The molecule has 1 rings (SSSR count). The van der Waals surface area contributed by atoms with Crippen molar-refractivity contribution in [3.05, 3.63) is 15.9 Å². The number of halogens is 1. The Bertz CT molecular complexity index is 307. The summed E-state index contributed by atoms with van der Waals surface area (Å²) in [5.74, 6) is 0. The zero-order valence-electron chi connectivity index (χ0n) is 9.81. The van der Waals surface area contributed by atoms with Gasteiger partial charge in [-0.3, -0.25) is 4.68 Å². The first kappa shape index (κ1) is 12.7. The van der Waals surface area contributed by atoms with Gasteiger partial charge in [0.05, 0.1) is 15.9 Å². The second kappa shape index (κ2) is 6.28. The van der Waals surface area contributed by atoms with Gasteiger partial charge in [0.15, 0.2) is 0 Å². The Morgan fingerprint density at radius 3 is 2.67 bits per heavy atom. The molecule has 0 atom stereocenters. The summed E-state index contributed by atoms with van der Waals surface area (Å²) in [5.41, 5.74) is 2.47. The van der Waals surface area contributed by atoms with E-state index in [0.717, 1.165) is 38.0 Å². The molecule has 0 saturated carbocycles. The number of hydrogen-bond acceptors (Lipinski definition) is 2. The summed E-state index contributed by atoms with van der Waals surface area (Å²) in [7, 11) is 2.02. The quantitative estimate of drug-likeness (QED) is 0.807. The smallest absolute Gasteiger partial charge is 0.0766 e. The molecule has 0 fully saturated rings. The lowest BCUT2D eigenvalue weighted by Gasteiger charge is -2.03. The highest BCUT2D eigenvalue weighted by Gasteiger charge is 2.11. The highest BCUT2D eigenvalue weighted by molar-refractivity contribution is 9.10. The first-order valence-corrected chi connectivity index (χ1v) is 6.40. The maximum atomic E-state index is 4.48. The van der Waals surface area contributed by atoms with E-state index in [1.54, 1.807) is 0 Å². The second-order valence-electron chi connectivity index (χ2n) is 3.64. The van der Waals surface area contributed by atoms with Crippen LogP contribution in [0, 0.1) is 0 Å². The number of hydrogen-bond donors (Lipinski definition) is 1. The third kappa shape index (κ3) is 3.31. The van der Waals surface area contributed by atoms with E-state index >= 15 is 0 Å². The second-order valence-corrected chi connectivity index (χ2v) is 4.43. The monoisotopic (exact) mass is 273 g/mol. The maximum Gasteiger partial charge on any atom is 0.0766 e. The molecule has 0 unspecified atom stereocenters. The zero-order chi connectivity index (χ0) is 11.3. The summed E-state index contributed by atoms with van der Waals surface area (Å²) < 4.78 is 3.19. The molecule has 3 nitrogen and oxygen atoms in total. The summed E-state index contributed by atoms with van der Waals surface area (Å²) in [6, 6.07) is 0. The first-order valence-electron chi connectivity index (χ1n) is 5.61. The van der Waals surface area contributed by atoms with Crippen molar-refractivity contribution in [2.24, 2.45) is 7.05 Å². The lowest BCUT2D eigenvalue weighted by atomic mass is 10.2. The summed E-state index contributed by atoms with van der Waals surface area (Å²) in [4.78, 5) is 0. The van der Waals surface area contributed by atoms with Crippen LogP contribution in [0.2, 0.25) is 0 Å². The molecule has 0 aliphatic heterocycles. The third-order valence-electron chi connectivity index (χ3n) is 2.52. The van der Waals surface area contributed by atoms with Gasteiger partial charge in [-0.2, -0.15) is 5.10 Å². The number of aryl methyl sites for hydroxylation is 2. The molecule has 0 saturated heterocycles. The van der Waals surface area contributed by atoms with Crippen LogP contribution in [-0.4, -0.2) is 22.9 Å². The molecule has 0 amide bonds. The molecule has 0 aromatic carbocycles. The van der Waals surface area contributed by atoms with Crippen LogP contribution in [-0.2, 0) is 19.9 Å².